The topological polar surface area (TPSA) is 54.3 Å². The van der Waals surface area contributed by atoms with E-state index in [0.717, 1.165) is 18.7 Å². The lowest BCUT2D eigenvalue weighted by Gasteiger charge is -2.11. The summed E-state index contributed by atoms with van der Waals surface area (Å²) in [4.78, 5) is 11.4. The van der Waals surface area contributed by atoms with E-state index in [1.54, 1.807) is 6.26 Å². The standard InChI is InChI=1S/C14H22N2O2/c1-3-12(2)16-14(17)8-10-15-9-4-6-13-7-5-11-18-13/h4-7,11-12,15H,3,8-10H2,1-2H3,(H,16,17)/b6-4+. The molecule has 1 rings (SSSR count). The van der Waals surface area contributed by atoms with E-state index >= 15 is 0 Å². The second-order valence-corrected chi connectivity index (χ2v) is 4.25. The van der Waals surface area contributed by atoms with E-state index in [0.29, 0.717) is 13.0 Å². The smallest absolute Gasteiger partial charge is 0.221 e. The van der Waals surface area contributed by atoms with Crippen LogP contribution in [0.2, 0.25) is 0 Å². The second-order valence-electron chi connectivity index (χ2n) is 4.25. The second kappa shape index (κ2) is 8.53. The van der Waals surface area contributed by atoms with Crippen molar-refractivity contribution in [2.75, 3.05) is 13.1 Å². The third-order valence-electron chi connectivity index (χ3n) is 2.64. The van der Waals surface area contributed by atoms with Crippen molar-refractivity contribution in [2.45, 2.75) is 32.7 Å². The van der Waals surface area contributed by atoms with E-state index in [9.17, 15) is 4.79 Å². The monoisotopic (exact) mass is 250 g/mol. The van der Waals surface area contributed by atoms with Crippen molar-refractivity contribution in [1.82, 2.24) is 10.6 Å². The fourth-order valence-electron chi connectivity index (χ4n) is 1.40. The first-order valence-electron chi connectivity index (χ1n) is 6.42. The summed E-state index contributed by atoms with van der Waals surface area (Å²) >= 11 is 0. The first kappa shape index (κ1) is 14.5. The van der Waals surface area contributed by atoms with Crippen LogP contribution in [-0.4, -0.2) is 25.0 Å². The number of hydrogen-bond donors (Lipinski definition) is 2. The van der Waals surface area contributed by atoms with Crippen LogP contribution in [0.5, 0.6) is 0 Å². The van der Waals surface area contributed by atoms with Crippen LogP contribution in [0, 0.1) is 0 Å². The van der Waals surface area contributed by atoms with E-state index in [1.807, 2.05) is 31.2 Å². The van der Waals surface area contributed by atoms with Crippen LogP contribution in [0.15, 0.2) is 28.9 Å². The van der Waals surface area contributed by atoms with Crippen LogP contribution in [0.3, 0.4) is 0 Å². The molecule has 1 aromatic heterocycles. The van der Waals surface area contributed by atoms with Gasteiger partial charge in [-0.3, -0.25) is 4.79 Å². The van der Waals surface area contributed by atoms with Gasteiger partial charge in [0.2, 0.25) is 5.91 Å². The molecule has 0 radical (unpaired) electrons. The Labute approximate surface area is 108 Å². The highest BCUT2D eigenvalue weighted by molar-refractivity contribution is 5.76. The molecule has 1 atom stereocenters. The summed E-state index contributed by atoms with van der Waals surface area (Å²) in [5, 5.41) is 6.11. The van der Waals surface area contributed by atoms with Crippen LogP contribution in [0.25, 0.3) is 6.08 Å². The normalized spacial score (nSPS) is 12.8. The Morgan fingerprint density at radius 3 is 3.06 bits per heavy atom. The summed E-state index contributed by atoms with van der Waals surface area (Å²) in [7, 11) is 0. The number of carbonyl (C=O) groups excluding carboxylic acids is 1. The molecule has 0 bridgehead atoms. The third kappa shape index (κ3) is 6.25. The van der Waals surface area contributed by atoms with Gasteiger partial charge in [-0.2, -0.15) is 0 Å². The van der Waals surface area contributed by atoms with Gasteiger partial charge in [-0.15, -0.1) is 0 Å². The summed E-state index contributed by atoms with van der Waals surface area (Å²) in [6.07, 6.45) is 7.01. The highest BCUT2D eigenvalue weighted by atomic mass is 16.3. The van der Waals surface area contributed by atoms with Gasteiger partial charge in [0.1, 0.15) is 5.76 Å². The summed E-state index contributed by atoms with van der Waals surface area (Å²) in [6.45, 7) is 5.49. The highest BCUT2D eigenvalue weighted by Gasteiger charge is 2.03. The van der Waals surface area contributed by atoms with Gasteiger partial charge in [-0.25, -0.2) is 0 Å². The predicted octanol–water partition coefficient (Wildman–Crippen LogP) is 2.19. The van der Waals surface area contributed by atoms with Crippen LogP contribution in [-0.2, 0) is 4.79 Å². The van der Waals surface area contributed by atoms with Gasteiger partial charge in [-0.1, -0.05) is 13.0 Å². The molecule has 0 fully saturated rings. The van der Waals surface area contributed by atoms with Crippen molar-refractivity contribution in [3.8, 4) is 0 Å². The molecule has 4 heteroatoms. The van der Waals surface area contributed by atoms with Crippen molar-refractivity contribution < 1.29 is 9.21 Å². The Hall–Kier alpha value is -1.55. The lowest BCUT2D eigenvalue weighted by atomic mass is 10.2. The Kier molecular flexibility index (Phi) is 6.87. The molecule has 0 saturated heterocycles. The summed E-state index contributed by atoms with van der Waals surface area (Å²) < 4.78 is 5.16. The van der Waals surface area contributed by atoms with Crippen LogP contribution < -0.4 is 10.6 Å². The summed E-state index contributed by atoms with van der Waals surface area (Å²) in [6, 6.07) is 4.01. The molecule has 1 heterocycles. The van der Waals surface area contributed by atoms with Gasteiger partial charge in [0.25, 0.3) is 0 Å². The molecular weight excluding hydrogens is 228 g/mol. The molecule has 0 aliphatic carbocycles. The number of hydrogen-bond acceptors (Lipinski definition) is 3. The van der Waals surface area contributed by atoms with Crippen molar-refractivity contribution >= 4 is 12.0 Å². The zero-order valence-electron chi connectivity index (χ0n) is 11.1. The molecule has 0 aliphatic rings. The summed E-state index contributed by atoms with van der Waals surface area (Å²) in [5.74, 6) is 0.943. The number of carbonyl (C=O) groups is 1. The van der Waals surface area contributed by atoms with E-state index < -0.39 is 0 Å². The first-order chi connectivity index (χ1) is 8.72. The molecule has 18 heavy (non-hydrogen) atoms. The van der Waals surface area contributed by atoms with Gasteiger partial charge in [-0.05, 0) is 31.6 Å². The maximum Gasteiger partial charge on any atom is 0.221 e. The molecule has 0 saturated carbocycles. The number of nitrogens with one attached hydrogen (secondary N) is 2. The number of amides is 1. The molecule has 4 nitrogen and oxygen atoms in total. The van der Waals surface area contributed by atoms with Crippen LogP contribution in [0.4, 0.5) is 0 Å². The average molecular weight is 250 g/mol. The third-order valence-corrected chi connectivity index (χ3v) is 2.64. The Morgan fingerprint density at radius 1 is 1.56 bits per heavy atom. The van der Waals surface area contributed by atoms with Crippen LogP contribution >= 0.6 is 0 Å². The predicted molar refractivity (Wildman–Crippen MR) is 73.1 cm³/mol. The minimum absolute atomic E-state index is 0.104. The molecule has 0 spiro atoms. The van der Waals surface area contributed by atoms with Crippen LogP contribution in [0.1, 0.15) is 32.4 Å². The Morgan fingerprint density at radius 2 is 2.39 bits per heavy atom. The number of rotatable bonds is 8. The van der Waals surface area contributed by atoms with E-state index in [-0.39, 0.29) is 11.9 Å². The molecule has 1 amide bonds. The highest BCUT2D eigenvalue weighted by Crippen LogP contribution is 2.01. The molecule has 0 aromatic carbocycles. The maximum absolute atomic E-state index is 11.4. The first-order valence-corrected chi connectivity index (χ1v) is 6.42. The Balaban J connectivity index is 2.03. The van der Waals surface area contributed by atoms with Crippen molar-refractivity contribution in [2.24, 2.45) is 0 Å². The molecule has 1 aromatic rings. The van der Waals surface area contributed by atoms with Gasteiger partial charge in [0.15, 0.2) is 0 Å². The largest absolute Gasteiger partial charge is 0.465 e. The van der Waals surface area contributed by atoms with E-state index in [2.05, 4.69) is 17.6 Å². The van der Waals surface area contributed by atoms with Crippen molar-refractivity contribution in [3.05, 3.63) is 30.2 Å². The molecule has 2 N–H and O–H groups in total. The van der Waals surface area contributed by atoms with Crippen molar-refractivity contribution in [1.29, 1.82) is 0 Å². The lowest BCUT2D eigenvalue weighted by molar-refractivity contribution is -0.121. The van der Waals surface area contributed by atoms with Crippen molar-refractivity contribution in [3.63, 3.8) is 0 Å². The SMILES string of the molecule is CCC(C)NC(=O)CCNC/C=C/c1ccco1. The molecule has 0 aliphatic heterocycles. The summed E-state index contributed by atoms with van der Waals surface area (Å²) in [5.41, 5.74) is 0. The minimum Gasteiger partial charge on any atom is -0.465 e. The van der Waals surface area contributed by atoms with Gasteiger partial charge in [0, 0.05) is 25.6 Å². The number of furan rings is 1. The van der Waals surface area contributed by atoms with Gasteiger partial charge in [0.05, 0.1) is 6.26 Å². The quantitative estimate of drug-likeness (QED) is 0.695. The molecular formula is C14H22N2O2. The minimum atomic E-state index is 0.104. The maximum atomic E-state index is 11.4. The van der Waals surface area contributed by atoms with E-state index in [1.165, 1.54) is 0 Å². The Bertz CT molecular complexity index is 358. The zero-order chi connectivity index (χ0) is 13.2. The lowest BCUT2D eigenvalue weighted by Crippen LogP contribution is -2.34. The fraction of sp³-hybridized carbons (Fsp3) is 0.500. The zero-order valence-corrected chi connectivity index (χ0v) is 11.1. The average Bonchev–Trinajstić information content (AvgIpc) is 2.86. The van der Waals surface area contributed by atoms with Gasteiger partial charge >= 0.3 is 0 Å². The van der Waals surface area contributed by atoms with Gasteiger partial charge < -0.3 is 15.1 Å². The molecule has 1 unspecified atom stereocenters. The fourth-order valence-corrected chi connectivity index (χ4v) is 1.40. The molecule has 100 valence electrons. The van der Waals surface area contributed by atoms with E-state index in [4.69, 9.17) is 4.42 Å².